The molecule has 2 rings (SSSR count). The second kappa shape index (κ2) is 7.45. The van der Waals surface area contributed by atoms with Gasteiger partial charge in [-0.2, -0.15) is 0 Å². The minimum atomic E-state index is 0.607. The van der Waals surface area contributed by atoms with Gasteiger partial charge in [-0.15, -0.1) is 0 Å². The van der Waals surface area contributed by atoms with Gasteiger partial charge in [-0.05, 0) is 24.3 Å². The Morgan fingerprint density at radius 3 is 1.91 bits per heavy atom. The highest BCUT2D eigenvalue weighted by Gasteiger charge is 2.08. The number of methoxy groups -OCH3 is 4. The Kier molecular flexibility index (Phi) is 5.36. The molecule has 1 N–H and O–H groups in total. The topological polar surface area (TPSA) is 49.0 Å². The van der Waals surface area contributed by atoms with E-state index in [0.29, 0.717) is 6.54 Å². The first-order chi connectivity index (χ1) is 10.7. The molecule has 0 aliphatic rings. The van der Waals surface area contributed by atoms with Gasteiger partial charge in [-0.3, -0.25) is 0 Å². The van der Waals surface area contributed by atoms with E-state index in [1.807, 2.05) is 36.4 Å². The van der Waals surface area contributed by atoms with Gasteiger partial charge in [-0.25, -0.2) is 0 Å². The van der Waals surface area contributed by atoms with E-state index < -0.39 is 0 Å². The fraction of sp³-hybridized carbons (Fsp3) is 0.294. The van der Waals surface area contributed by atoms with Crippen molar-refractivity contribution in [3.8, 4) is 23.0 Å². The first-order valence-electron chi connectivity index (χ1n) is 6.88. The second-order valence-corrected chi connectivity index (χ2v) is 4.60. The fourth-order valence-electron chi connectivity index (χ4n) is 2.13. The maximum absolute atomic E-state index is 5.40. The summed E-state index contributed by atoms with van der Waals surface area (Å²) in [4.78, 5) is 0. The van der Waals surface area contributed by atoms with Gasteiger partial charge in [0.25, 0.3) is 0 Å². The number of anilines is 1. The lowest BCUT2D eigenvalue weighted by Crippen LogP contribution is -2.03. The lowest BCUT2D eigenvalue weighted by molar-refractivity contribution is 0.391. The summed E-state index contributed by atoms with van der Waals surface area (Å²) in [6.07, 6.45) is 0. The Morgan fingerprint density at radius 1 is 0.727 bits per heavy atom. The predicted octanol–water partition coefficient (Wildman–Crippen LogP) is 3.33. The molecule has 22 heavy (non-hydrogen) atoms. The Balaban J connectivity index is 2.16. The Labute approximate surface area is 130 Å². The van der Waals surface area contributed by atoms with Crippen LogP contribution in [-0.4, -0.2) is 28.4 Å². The monoisotopic (exact) mass is 303 g/mol. The van der Waals surface area contributed by atoms with Crippen molar-refractivity contribution < 1.29 is 18.9 Å². The van der Waals surface area contributed by atoms with Crippen LogP contribution in [0.4, 0.5) is 5.69 Å². The summed E-state index contributed by atoms with van der Waals surface area (Å²) in [6, 6.07) is 11.4. The molecule has 0 unspecified atom stereocenters. The minimum Gasteiger partial charge on any atom is -0.497 e. The van der Waals surface area contributed by atoms with Crippen LogP contribution in [0.2, 0.25) is 0 Å². The molecule has 0 bridgehead atoms. The zero-order valence-electron chi connectivity index (χ0n) is 13.3. The van der Waals surface area contributed by atoms with Crippen LogP contribution in [0, 0.1) is 0 Å². The van der Waals surface area contributed by atoms with E-state index in [4.69, 9.17) is 18.9 Å². The molecular weight excluding hydrogens is 282 g/mol. The quantitative estimate of drug-likeness (QED) is 0.850. The van der Waals surface area contributed by atoms with Gasteiger partial charge >= 0.3 is 0 Å². The third kappa shape index (κ3) is 3.55. The number of ether oxygens (including phenoxy) is 4. The van der Waals surface area contributed by atoms with Crippen molar-refractivity contribution in [3.63, 3.8) is 0 Å². The van der Waals surface area contributed by atoms with Gasteiger partial charge in [0.1, 0.15) is 23.0 Å². The maximum Gasteiger partial charge on any atom is 0.145 e. The molecule has 0 radical (unpaired) electrons. The number of nitrogens with one attached hydrogen (secondary N) is 1. The van der Waals surface area contributed by atoms with Crippen LogP contribution in [0.1, 0.15) is 5.56 Å². The third-order valence-electron chi connectivity index (χ3n) is 3.37. The van der Waals surface area contributed by atoms with Crippen molar-refractivity contribution in [3.05, 3.63) is 42.0 Å². The number of benzene rings is 2. The lowest BCUT2D eigenvalue weighted by atomic mass is 10.1. The van der Waals surface area contributed by atoms with Crippen LogP contribution >= 0.6 is 0 Å². The van der Waals surface area contributed by atoms with E-state index in [9.17, 15) is 0 Å². The van der Waals surface area contributed by atoms with Crippen molar-refractivity contribution in [1.29, 1.82) is 0 Å². The molecule has 0 aliphatic heterocycles. The van der Waals surface area contributed by atoms with E-state index in [1.165, 1.54) is 0 Å². The van der Waals surface area contributed by atoms with Crippen LogP contribution in [0.15, 0.2) is 36.4 Å². The molecule has 0 saturated carbocycles. The summed E-state index contributed by atoms with van der Waals surface area (Å²) in [7, 11) is 6.54. The van der Waals surface area contributed by atoms with Gasteiger partial charge in [0.2, 0.25) is 0 Å². The van der Waals surface area contributed by atoms with Gasteiger partial charge < -0.3 is 24.3 Å². The van der Waals surface area contributed by atoms with Crippen molar-refractivity contribution in [2.45, 2.75) is 6.54 Å². The van der Waals surface area contributed by atoms with Crippen molar-refractivity contribution in [1.82, 2.24) is 0 Å². The van der Waals surface area contributed by atoms with Crippen LogP contribution < -0.4 is 24.3 Å². The average molecular weight is 303 g/mol. The van der Waals surface area contributed by atoms with Crippen LogP contribution in [0.5, 0.6) is 23.0 Å². The molecule has 5 nitrogen and oxygen atoms in total. The highest BCUT2D eigenvalue weighted by Crippen LogP contribution is 2.31. The zero-order valence-corrected chi connectivity index (χ0v) is 13.3. The molecule has 5 heteroatoms. The van der Waals surface area contributed by atoms with E-state index in [1.54, 1.807) is 28.4 Å². The molecule has 0 fully saturated rings. The van der Waals surface area contributed by atoms with Crippen LogP contribution in [0.3, 0.4) is 0 Å². The molecule has 0 amide bonds. The summed E-state index contributed by atoms with van der Waals surface area (Å²) in [5, 5.41) is 3.34. The molecule has 0 heterocycles. The average Bonchev–Trinajstić information content (AvgIpc) is 2.59. The molecule has 0 spiro atoms. The number of hydrogen-bond acceptors (Lipinski definition) is 5. The van der Waals surface area contributed by atoms with Crippen molar-refractivity contribution in [2.75, 3.05) is 33.8 Å². The van der Waals surface area contributed by atoms with Crippen LogP contribution in [0.25, 0.3) is 0 Å². The molecule has 0 aliphatic carbocycles. The summed E-state index contributed by atoms with van der Waals surface area (Å²) in [5.74, 6) is 3.03. The van der Waals surface area contributed by atoms with E-state index in [0.717, 1.165) is 34.2 Å². The summed E-state index contributed by atoms with van der Waals surface area (Å²) in [6.45, 7) is 0.607. The fourth-order valence-corrected chi connectivity index (χ4v) is 2.13. The van der Waals surface area contributed by atoms with Gasteiger partial charge in [0.15, 0.2) is 0 Å². The normalized spacial score (nSPS) is 10.0. The highest BCUT2D eigenvalue weighted by atomic mass is 16.5. The van der Waals surface area contributed by atoms with Gasteiger partial charge in [-0.1, -0.05) is 0 Å². The molecular formula is C17H21NO4. The van der Waals surface area contributed by atoms with E-state index in [-0.39, 0.29) is 0 Å². The minimum absolute atomic E-state index is 0.607. The number of hydrogen-bond donors (Lipinski definition) is 1. The van der Waals surface area contributed by atoms with Crippen molar-refractivity contribution in [2.24, 2.45) is 0 Å². The van der Waals surface area contributed by atoms with Gasteiger partial charge in [0, 0.05) is 24.2 Å². The van der Waals surface area contributed by atoms with Crippen molar-refractivity contribution >= 4 is 5.69 Å². The maximum atomic E-state index is 5.40. The van der Waals surface area contributed by atoms with E-state index >= 15 is 0 Å². The molecule has 2 aromatic carbocycles. The summed E-state index contributed by atoms with van der Waals surface area (Å²) >= 11 is 0. The smallest absolute Gasteiger partial charge is 0.145 e. The molecule has 118 valence electrons. The summed E-state index contributed by atoms with van der Waals surface area (Å²) in [5.41, 5.74) is 1.92. The molecule has 0 saturated heterocycles. The predicted molar refractivity (Wildman–Crippen MR) is 86.4 cm³/mol. The van der Waals surface area contributed by atoms with Gasteiger partial charge in [0.05, 0.1) is 34.1 Å². The zero-order chi connectivity index (χ0) is 15.9. The molecule has 0 atom stereocenters. The largest absolute Gasteiger partial charge is 0.497 e. The third-order valence-corrected chi connectivity index (χ3v) is 3.37. The first-order valence-corrected chi connectivity index (χ1v) is 6.88. The van der Waals surface area contributed by atoms with Crippen LogP contribution in [-0.2, 0) is 6.54 Å². The van der Waals surface area contributed by atoms with E-state index in [2.05, 4.69) is 5.32 Å². The number of rotatable bonds is 7. The molecule has 2 aromatic rings. The summed E-state index contributed by atoms with van der Waals surface area (Å²) < 4.78 is 21.2. The first kappa shape index (κ1) is 15.8. The molecule has 0 aromatic heterocycles. The SMILES string of the molecule is COc1ccc(CNc2ccc(OC)cc2OC)c(OC)c1. The second-order valence-electron chi connectivity index (χ2n) is 4.60. The lowest BCUT2D eigenvalue weighted by Gasteiger charge is -2.14. The Morgan fingerprint density at radius 2 is 1.32 bits per heavy atom. The standard InChI is InChI=1S/C17H21NO4/c1-19-13-6-5-12(16(9-13)21-3)11-18-15-8-7-14(20-2)10-17(15)22-4/h5-10,18H,11H2,1-4H3. The Bertz CT molecular complexity index is 573. The highest BCUT2D eigenvalue weighted by molar-refractivity contribution is 5.59. The Hall–Kier alpha value is -2.56.